The van der Waals surface area contributed by atoms with Gasteiger partial charge in [0.25, 0.3) is 0 Å². The molecule has 1 N–H and O–H groups in total. The van der Waals surface area contributed by atoms with Gasteiger partial charge in [-0.2, -0.15) is 0 Å². The molecule has 0 aromatic carbocycles. The van der Waals surface area contributed by atoms with E-state index in [1.807, 2.05) is 17.5 Å². The van der Waals surface area contributed by atoms with Crippen LogP contribution >= 0.6 is 11.3 Å². The lowest BCUT2D eigenvalue weighted by Crippen LogP contribution is -2.35. The summed E-state index contributed by atoms with van der Waals surface area (Å²) >= 11 is 1.67. The molecule has 0 bridgehead atoms. The zero-order valence-electron chi connectivity index (χ0n) is 9.78. The Balaban J connectivity index is 2.14. The molecule has 2 rings (SSSR count). The van der Waals surface area contributed by atoms with E-state index >= 15 is 0 Å². The molecule has 2 aromatic rings. The van der Waals surface area contributed by atoms with Crippen molar-refractivity contribution in [2.75, 3.05) is 0 Å². The molecule has 86 valence electrons. The van der Waals surface area contributed by atoms with Gasteiger partial charge in [-0.1, -0.05) is 6.07 Å². The first-order valence-corrected chi connectivity index (χ1v) is 6.15. The smallest absolute Gasteiger partial charge is 0.181 e. The summed E-state index contributed by atoms with van der Waals surface area (Å²) in [5, 5.41) is 5.45. The molecular weight excluding hydrogens is 220 g/mol. The fraction of sp³-hybridized carbons (Fsp3) is 0.417. The predicted octanol–water partition coefficient (Wildman–Crippen LogP) is 3.29. The Labute approximate surface area is 99.5 Å². The zero-order valence-corrected chi connectivity index (χ0v) is 10.6. The van der Waals surface area contributed by atoms with Crippen molar-refractivity contribution in [1.82, 2.24) is 10.3 Å². The summed E-state index contributed by atoms with van der Waals surface area (Å²) < 4.78 is 5.43. The van der Waals surface area contributed by atoms with Gasteiger partial charge in [0.05, 0.1) is 4.88 Å². The van der Waals surface area contributed by atoms with Crippen LogP contribution in [0.15, 0.2) is 28.3 Å². The molecular formula is C12H16N2OS. The van der Waals surface area contributed by atoms with E-state index in [9.17, 15) is 0 Å². The summed E-state index contributed by atoms with van der Waals surface area (Å²) in [4.78, 5) is 5.38. The molecule has 4 heteroatoms. The van der Waals surface area contributed by atoms with Crippen LogP contribution in [-0.4, -0.2) is 10.5 Å². The molecule has 0 spiro atoms. The average Bonchev–Trinajstić information content (AvgIpc) is 2.84. The Hall–Kier alpha value is -1.13. The van der Waals surface area contributed by atoms with E-state index in [1.165, 1.54) is 6.39 Å². The Morgan fingerprint density at radius 1 is 1.44 bits per heavy atom. The summed E-state index contributed by atoms with van der Waals surface area (Å²) in [6.07, 6.45) is 1.51. The van der Waals surface area contributed by atoms with Gasteiger partial charge in [0, 0.05) is 12.1 Å². The van der Waals surface area contributed by atoms with Crippen LogP contribution < -0.4 is 5.32 Å². The van der Waals surface area contributed by atoms with Crippen LogP contribution in [0.3, 0.4) is 0 Å². The molecule has 2 heterocycles. The van der Waals surface area contributed by atoms with Gasteiger partial charge in [-0.25, -0.2) is 4.98 Å². The van der Waals surface area contributed by atoms with Crippen molar-refractivity contribution in [2.45, 2.75) is 32.9 Å². The summed E-state index contributed by atoms with van der Waals surface area (Å²) in [7, 11) is 0. The van der Waals surface area contributed by atoms with Gasteiger partial charge in [0.2, 0.25) is 0 Å². The number of thiophene rings is 1. The molecule has 0 amide bonds. The monoisotopic (exact) mass is 236 g/mol. The first-order chi connectivity index (χ1) is 7.56. The van der Waals surface area contributed by atoms with Gasteiger partial charge < -0.3 is 9.73 Å². The molecule has 0 aliphatic heterocycles. The van der Waals surface area contributed by atoms with E-state index in [1.54, 1.807) is 11.3 Å². The van der Waals surface area contributed by atoms with Crippen LogP contribution in [0.5, 0.6) is 0 Å². The van der Waals surface area contributed by atoms with E-state index in [4.69, 9.17) is 4.42 Å². The van der Waals surface area contributed by atoms with Crippen molar-refractivity contribution in [3.63, 3.8) is 0 Å². The number of aromatic nitrogens is 1. The standard InChI is InChI=1S/C12H16N2OS/c1-12(2,3)14-7-9-11(15-8-13-9)10-5-4-6-16-10/h4-6,8,14H,7H2,1-3H3. The molecule has 0 aliphatic carbocycles. The highest BCUT2D eigenvalue weighted by Crippen LogP contribution is 2.27. The molecule has 0 saturated heterocycles. The number of nitrogens with zero attached hydrogens (tertiary/aromatic N) is 1. The summed E-state index contributed by atoms with van der Waals surface area (Å²) in [5.41, 5.74) is 1.06. The first-order valence-electron chi connectivity index (χ1n) is 5.27. The second kappa shape index (κ2) is 4.39. The summed E-state index contributed by atoms with van der Waals surface area (Å²) in [5.74, 6) is 0.881. The minimum absolute atomic E-state index is 0.0890. The van der Waals surface area contributed by atoms with Crippen molar-refractivity contribution < 1.29 is 4.42 Å². The van der Waals surface area contributed by atoms with Crippen molar-refractivity contribution >= 4 is 11.3 Å². The quantitative estimate of drug-likeness (QED) is 0.888. The van der Waals surface area contributed by atoms with Gasteiger partial charge in [0.1, 0.15) is 5.69 Å². The van der Waals surface area contributed by atoms with Crippen LogP contribution in [0, 0.1) is 0 Å². The normalized spacial score (nSPS) is 11.9. The van der Waals surface area contributed by atoms with Gasteiger partial charge in [0.15, 0.2) is 12.2 Å². The number of nitrogens with one attached hydrogen (secondary N) is 1. The van der Waals surface area contributed by atoms with Crippen LogP contribution in [-0.2, 0) is 6.54 Å². The maximum absolute atomic E-state index is 5.43. The van der Waals surface area contributed by atoms with E-state index in [0.29, 0.717) is 0 Å². The Morgan fingerprint density at radius 3 is 2.88 bits per heavy atom. The molecule has 0 fully saturated rings. The minimum atomic E-state index is 0.0890. The third-order valence-corrected chi connectivity index (χ3v) is 3.04. The summed E-state index contributed by atoms with van der Waals surface area (Å²) in [6.45, 7) is 7.14. The summed E-state index contributed by atoms with van der Waals surface area (Å²) in [6, 6.07) is 4.06. The van der Waals surface area contributed by atoms with E-state index in [0.717, 1.165) is 22.9 Å². The van der Waals surface area contributed by atoms with Crippen molar-refractivity contribution in [1.29, 1.82) is 0 Å². The first kappa shape index (κ1) is 11.4. The van der Waals surface area contributed by atoms with Gasteiger partial charge in [-0.3, -0.25) is 0 Å². The van der Waals surface area contributed by atoms with Crippen LogP contribution in [0.2, 0.25) is 0 Å². The maximum Gasteiger partial charge on any atom is 0.181 e. The predicted molar refractivity (Wildman–Crippen MR) is 66.4 cm³/mol. The number of hydrogen-bond donors (Lipinski definition) is 1. The van der Waals surface area contributed by atoms with Crippen LogP contribution in [0.4, 0.5) is 0 Å². The highest BCUT2D eigenvalue weighted by atomic mass is 32.1. The Bertz CT molecular complexity index is 440. The van der Waals surface area contributed by atoms with Crippen LogP contribution in [0.1, 0.15) is 26.5 Å². The topological polar surface area (TPSA) is 38.1 Å². The molecule has 3 nitrogen and oxygen atoms in total. The van der Waals surface area contributed by atoms with E-state index < -0.39 is 0 Å². The van der Waals surface area contributed by atoms with E-state index in [-0.39, 0.29) is 5.54 Å². The molecule has 0 aliphatic rings. The van der Waals surface area contributed by atoms with Crippen molar-refractivity contribution in [3.8, 4) is 10.6 Å². The fourth-order valence-corrected chi connectivity index (χ4v) is 2.09. The molecule has 2 aromatic heterocycles. The number of oxazole rings is 1. The van der Waals surface area contributed by atoms with Gasteiger partial charge >= 0.3 is 0 Å². The Morgan fingerprint density at radius 2 is 2.25 bits per heavy atom. The van der Waals surface area contributed by atoms with Gasteiger partial charge in [-0.15, -0.1) is 11.3 Å². The maximum atomic E-state index is 5.43. The van der Waals surface area contributed by atoms with Crippen molar-refractivity contribution in [2.24, 2.45) is 0 Å². The third-order valence-electron chi connectivity index (χ3n) is 2.17. The zero-order chi connectivity index (χ0) is 11.6. The lowest BCUT2D eigenvalue weighted by atomic mass is 10.1. The highest BCUT2D eigenvalue weighted by Gasteiger charge is 2.14. The van der Waals surface area contributed by atoms with Crippen molar-refractivity contribution in [3.05, 3.63) is 29.6 Å². The lowest BCUT2D eigenvalue weighted by Gasteiger charge is -2.19. The van der Waals surface area contributed by atoms with E-state index in [2.05, 4.69) is 31.1 Å². The molecule has 0 radical (unpaired) electrons. The molecule has 0 atom stereocenters. The van der Waals surface area contributed by atoms with Crippen LogP contribution in [0.25, 0.3) is 10.6 Å². The third kappa shape index (κ3) is 2.71. The largest absolute Gasteiger partial charge is 0.442 e. The lowest BCUT2D eigenvalue weighted by molar-refractivity contribution is 0.421. The fourth-order valence-electron chi connectivity index (χ4n) is 1.35. The Kier molecular flexibility index (Phi) is 3.12. The number of rotatable bonds is 3. The minimum Gasteiger partial charge on any atom is -0.442 e. The second-order valence-electron chi connectivity index (χ2n) is 4.71. The van der Waals surface area contributed by atoms with Gasteiger partial charge in [-0.05, 0) is 32.2 Å². The molecule has 0 unspecified atom stereocenters. The molecule has 0 saturated carbocycles. The SMILES string of the molecule is CC(C)(C)NCc1ncoc1-c1cccs1. The average molecular weight is 236 g/mol. The molecule has 16 heavy (non-hydrogen) atoms. The number of hydrogen-bond acceptors (Lipinski definition) is 4. The second-order valence-corrected chi connectivity index (χ2v) is 5.66. The highest BCUT2D eigenvalue weighted by molar-refractivity contribution is 7.13.